The number of piperidine rings is 1. The van der Waals surface area contributed by atoms with Crippen LogP contribution in [-0.4, -0.2) is 29.9 Å². The Morgan fingerprint density at radius 3 is 2.45 bits per heavy atom. The Labute approximate surface area is 127 Å². The fraction of sp³-hybridized carbons (Fsp3) is 0.385. The molecule has 1 heterocycles. The topological polar surface area (TPSA) is 75.4 Å². The van der Waals surface area contributed by atoms with Crippen molar-refractivity contribution in [3.8, 4) is 0 Å². The van der Waals surface area contributed by atoms with E-state index in [1.165, 1.54) is 0 Å². The molecule has 0 atom stereocenters. The van der Waals surface area contributed by atoms with Crippen molar-refractivity contribution in [3.05, 3.63) is 28.2 Å². The van der Waals surface area contributed by atoms with E-state index in [2.05, 4.69) is 5.32 Å². The molecule has 1 fully saturated rings. The summed E-state index contributed by atoms with van der Waals surface area (Å²) in [7, 11) is 0. The van der Waals surface area contributed by atoms with Crippen molar-refractivity contribution in [3.63, 3.8) is 0 Å². The molecule has 1 aliphatic rings. The Morgan fingerprint density at radius 1 is 1.25 bits per heavy atom. The number of anilines is 1. The lowest BCUT2D eigenvalue weighted by Gasteiger charge is -2.30. The zero-order valence-electron chi connectivity index (χ0n) is 10.7. The van der Waals surface area contributed by atoms with Gasteiger partial charge in [0.15, 0.2) is 0 Å². The number of carbonyl (C=O) groups excluding carboxylic acids is 2. The molecular weight excluding hydrogens is 301 g/mol. The van der Waals surface area contributed by atoms with Gasteiger partial charge in [-0.05, 0) is 31.0 Å². The average molecular weight is 316 g/mol. The van der Waals surface area contributed by atoms with E-state index >= 15 is 0 Å². The predicted molar refractivity (Wildman–Crippen MR) is 79.0 cm³/mol. The third kappa shape index (κ3) is 3.55. The van der Waals surface area contributed by atoms with Gasteiger partial charge >= 0.3 is 6.03 Å². The van der Waals surface area contributed by atoms with Gasteiger partial charge in [0.1, 0.15) is 0 Å². The maximum absolute atomic E-state index is 12.1. The fourth-order valence-corrected chi connectivity index (χ4v) is 2.61. The van der Waals surface area contributed by atoms with Gasteiger partial charge in [-0.1, -0.05) is 23.2 Å². The minimum Gasteiger partial charge on any atom is -0.369 e. The Balaban J connectivity index is 1.94. The van der Waals surface area contributed by atoms with Crippen molar-refractivity contribution in [2.75, 3.05) is 18.4 Å². The number of carbonyl (C=O) groups is 2. The minimum atomic E-state index is -0.300. The van der Waals surface area contributed by atoms with Gasteiger partial charge in [0.05, 0.1) is 10.7 Å². The van der Waals surface area contributed by atoms with E-state index in [-0.39, 0.29) is 17.9 Å². The van der Waals surface area contributed by atoms with Gasteiger partial charge < -0.3 is 16.0 Å². The van der Waals surface area contributed by atoms with Gasteiger partial charge in [0.25, 0.3) is 0 Å². The molecule has 0 saturated carbocycles. The van der Waals surface area contributed by atoms with E-state index in [9.17, 15) is 9.59 Å². The van der Waals surface area contributed by atoms with E-state index in [1.807, 2.05) is 0 Å². The number of hydrogen-bond donors (Lipinski definition) is 2. The number of halogens is 2. The molecule has 0 radical (unpaired) electrons. The first kappa shape index (κ1) is 14.9. The average Bonchev–Trinajstić information content (AvgIpc) is 2.42. The maximum Gasteiger partial charge on any atom is 0.321 e. The second kappa shape index (κ2) is 6.33. The van der Waals surface area contributed by atoms with Crippen LogP contribution in [0.15, 0.2) is 18.2 Å². The quantitative estimate of drug-likeness (QED) is 0.880. The van der Waals surface area contributed by atoms with Crippen LogP contribution < -0.4 is 11.1 Å². The predicted octanol–water partition coefficient (Wildman–Crippen LogP) is 2.72. The van der Waals surface area contributed by atoms with Gasteiger partial charge in [0.2, 0.25) is 5.91 Å². The highest BCUT2D eigenvalue weighted by atomic mass is 35.5. The molecule has 5 nitrogen and oxygen atoms in total. The summed E-state index contributed by atoms with van der Waals surface area (Å²) in [5.41, 5.74) is 5.77. The monoisotopic (exact) mass is 315 g/mol. The number of nitrogens with zero attached hydrogens (tertiary/aromatic N) is 1. The van der Waals surface area contributed by atoms with Crippen molar-refractivity contribution in [2.24, 2.45) is 11.7 Å². The molecule has 3 N–H and O–H groups in total. The van der Waals surface area contributed by atoms with Crippen LogP contribution in [0, 0.1) is 5.92 Å². The molecule has 1 aliphatic heterocycles. The molecule has 1 aromatic rings. The van der Waals surface area contributed by atoms with Crippen LogP contribution in [0.25, 0.3) is 0 Å². The number of urea groups is 1. The molecule has 1 aromatic carbocycles. The third-order valence-electron chi connectivity index (χ3n) is 3.36. The number of primary amides is 1. The molecule has 1 saturated heterocycles. The molecule has 20 heavy (non-hydrogen) atoms. The summed E-state index contributed by atoms with van der Waals surface area (Å²) in [5, 5.41) is 3.63. The van der Waals surface area contributed by atoms with Crippen molar-refractivity contribution >= 4 is 40.8 Å². The van der Waals surface area contributed by atoms with Crippen LogP contribution in [0.3, 0.4) is 0 Å². The first-order chi connectivity index (χ1) is 9.47. The van der Waals surface area contributed by atoms with Crippen LogP contribution >= 0.6 is 23.2 Å². The highest BCUT2D eigenvalue weighted by Crippen LogP contribution is 2.26. The Morgan fingerprint density at radius 2 is 1.90 bits per heavy atom. The van der Waals surface area contributed by atoms with Crippen LogP contribution in [0.5, 0.6) is 0 Å². The molecule has 108 valence electrons. The Kier molecular flexibility index (Phi) is 4.73. The molecule has 3 amide bonds. The van der Waals surface area contributed by atoms with Gasteiger partial charge in [0, 0.05) is 24.0 Å². The fourth-order valence-electron chi connectivity index (χ4n) is 2.15. The van der Waals surface area contributed by atoms with Crippen molar-refractivity contribution < 1.29 is 9.59 Å². The molecular formula is C13H15Cl2N3O2. The summed E-state index contributed by atoms with van der Waals surface area (Å²) in [6.07, 6.45) is 1.19. The maximum atomic E-state index is 12.1. The summed E-state index contributed by atoms with van der Waals surface area (Å²) in [5.74, 6) is -0.441. The summed E-state index contributed by atoms with van der Waals surface area (Å²) in [6, 6.07) is 4.64. The number of nitrogens with two attached hydrogens (primary N) is 1. The van der Waals surface area contributed by atoms with E-state index < -0.39 is 0 Å². The molecule has 0 bridgehead atoms. The number of rotatable bonds is 2. The number of hydrogen-bond acceptors (Lipinski definition) is 2. The van der Waals surface area contributed by atoms with Crippen molar-refractivity contribution in [2.45, 2.75) is 12.8 Å². The summed E-state index contributed by atoms with van der Waals surface area (Å²) in [6.45, 7) is 1.01. The van der Waals surface area contributed by atoms with Crippen molar-refractivity contribution in [1.29, 1.82) is 0 Å². The number of likely N-dealkylation sites (tertiary alicyclic amines) is 1. The van der Waals surface area contributed by atoms with Gasteiger partial charge in [-0.15, -0.1) is 0 Å². The van der Waals surface area contributed by atoms with Gasteiger partial charge in [-0.2, -0.15) is 0 Å². The first-order valence-corrected chi connectivity index (χ1v) is 7.03. The SMILES string of the molecule is NC(=O)C1CCN(C(=O)Nc2ccc(Cl)cc2Cl)CC1. The molecule has 0 unspecified atom stereocenters. The molecule has 0 aliphatic carbocycles. The first-order valence-electron chi connectivity index (χ1n) is 6.27. The summed E-state index contributed by atoms with van der Waals surface area (Å²) < 4.78 is 0. The summed E-state index contributed by atoms with van der Waals surface area (Å²) >= 11 is 11.8. The smallest absolute Gasteiger partial charge is 0.321 e. The summed E-state index contributed by atoms with van der Waals surface area (Å²) in [4.78, 5) is 24.8. The van der Waals surface area contributed by atoms with E-state index in [0.29, 0.717) is 41.7 Å². The van der Waals surface area contributed by atoms with Crippen LogP contribution in [0.2, 0.25) is 10.0 Å². The van der Waals surface area contributed by atoms with Crippen LogP contribution in [0.1, 0.15) is 12.8 Å². The zero-order valence-corrected chi connectivity index (χ0v) is 12.2. The van der Waals surface area contributed by atoms with Crippen molar-refractivity contribution in [1.82, 2.24) is 4.90 Å². The lowest BCUT2D eigenvalue weighted by Crippen LogP contribution is -2.43. The van der Waals surface area contributed by atoms with Crippen LogP contribution in [0.4, 0.5) is 10.5 Å². The van der Waals surface area contributed by atoms with Gasteiger partial charge in [-0.25, -0.2) is 4.79 Å². The minimum absolute atomic E-state index is 0.141. The number of nitrogens with one attached hydrogen (secondary N) is 1. The third-order valence-corrected chi connectivity index (χ3v) is 3.91. The van der Waals surface area contributed by atoms with E-state index in [4.69, 9.17) is 28.9 Å². The molecule has 0 aromatic heterocycles. The largest absolute Gasteiger partial charge is 0.369 e. The molecule has 0 spiro atoms. The second-order valence-electron chi connectivity index (χ2n) is 4.72. The van der Waals surface area contributed by atoms with E-state index in [0.717, 1.165) is 0 Å². The molecule has 7 heteroatoms. The standard InChI is InChI=1S/C13H15Cl2N3O2/c14-9-1-2-11(10(15)7-9)17-13(20)18-5-3-8(4-6-18)12(16)19/h1-2,7-8H,3-6H2,(H2,16,19)(H,17,20). The van der Waals surface area contributed by atoms with Gasteiger partial charge in [-0.3, -0.25) is 4.79 Å². The van der Waals surface area contributed by atoms with E-state index in [1.54, 1.807) is 23.1 Å². The lowest BCUT2D eigenvalue weighted by molar-refractivity contribution is -0.122. The Hall–Kier alpha value is -1.46. The number of benzene rings is 1. The Bertz CT molecular complexity index is 528. The highest BCUT2D eigenvalue weighted by molar-refractivity contribution is 6.36. The van der Waals surface area contributed by atoms with Crippen LogP contribution in [-0.2, 0) is 4.79 Å². The highest BCUT2D eigenvalue weighted by Gasteiger charge is 2.26. The number of amides is 3. The lowest BCUT2D eigenvalue weighted by atomic mass is 9.96. The second-order valence-corrected chi connectivity index (χ2v) is 5.56. The normalized spacial score (nSPS) is 16.0. The molecule has 2 rings (SSSR count). The zero-order chi connectivity index (χ0) is 14.7.